The molecule has 0 radical (unpaired) electrons. The summed E-state index contributed by atoms with van der Waals surface area (Å²) in [5.74, 6) is 2.36. The predicted molar refractivity (Wildman–Crippen MR) is 72.6 cm³/mol. The van der Waals surface area contributed by atoms with E-state index in [-0.39, 0.29) is 0 Å². The summed E-state index contributed by atoms with van der Waals surface area (Å²) in [6.45, 7) is 0. The van der Waals surface area contributed by atoms with E-state index in [1.807, 2.05) is 37.0 Å². The molecule has 2 heterocycles. The quantitative estimate of drug-likeness (QED) is 0.828. The maximum absolute atomic E-state index is 5.88. The van der Waals surface area contributed by atoms with E-state index >= 15 is 0 Å². The number of rotatable bonds is 2. The van der Waals surface area contributed by atoms with Crippen molar-refractivity contribution in [3.05, 3.63) is 18.2 Å². The Morgan fingerprint density at radius 2 is 2.41 bits per heavy atom. The standard InChI is InChI=1S/C12H15N3OS/c1-15(8-5-6-17-7-8)12-14-11-9(13)3-2-4-10(11)16-12/h2-4,8H,5-7,13H2,1H3. The minimum absolute atomic E-state index is 0.522. The summed E-state index contributed by atoms with van der Waals surface area (Å²) >= 11 is 1.98. The number of benzene rings is 1. The summed E-state index contributed by atoms with van der Waals surface area (Å²) in [5, 5.41) is 0. The van der Waals surface area contributed by atoms with E-state index in [9.17, 15) is 0 Å². The maximum Gasteiger partial charge on any atom is 0.298 e. The summed E-state index contributed by atoms with van der Waals surface area (Å²) in [4.78, 5) is 6.61. The number of para-hydroxylation sites is 1. The lowest BCUT2D eigenvalue weighted by molar-refractivity contribution is 0.552. The van der Waals surface area contributed by atoms with Crippen molar-refractivity contribution in [1.82, 2.24) is 4.98 Å². The highest BCUT2D eigenvalue weighted by atomic mass is 32.2. The Morgan fingerprint density at radius 1 is 1.53 bits per heavy atom. The Kier molecular flexibility index (Phi) is 2.63. The fraction of sp³-hybridized carbons (Fsp3) is 0.417. The average Bonchev–Trinajstić information content (AvgIpc) is 2.98. The first-order valence-electron chi connectivity index (χ1n) is 5.71. The van der Waals surface area contributed by atoms with E-state index in [0.29, 0.717) is 17.7 Å². The molecule has 1 aliphatic heterocycles. The number of nitrogens with zero attached hydrogens (tertiary/aromatic N) is 2. The second-order valence-corrected chi connectivity index (χ2v) is 5.47. The molecule has 1 aromatic carbocycles. The normalized spacial score (nSPS) is 19.9. The Bertz CT molecular complexity index is 534. The van der Waals surface area contributed by atoms with E-state index in [1.165, 1.54) is 12.2 Å². The molecule has 1 saturated heterocycles. The highest BCUT2D eigenvalue weighted by Crippen LogP contribution is 2.29. The molecule has 3 rings (SSSR count). The molecule has 0 amide bonds. The predicted octanol–water partition coefficient (Wildman–Crippen LogP) is 2.35. The fourth-order valence-electron chi connectivity index (χ4n) is 2.09. The van der Waals surface area contributed by atoms with Gasteiger partial charge in [0.15, 0.2) is 5.58 Å². The van der Waals surface area contributed by atoms with Crippen LogP contribution in [0.15, 0.2) is 22.6 Å². The van der Waals surface area contributed by atoms with E-state index < -0.39 is 0 Å². The molecule has 2 N–H and O–H groups in total. The largest absolute Gasteiger partial charge is 0.423 e. The van der Waals surface area contributed by atoms with Crippen LogP contribution in [-0.4, -0.2) is 29.6 Å². The smallest absolute Gasteiger partial charge is 0.298 e. The molecule has 1 aliphatic rings. The highest BCUT2D eigenvalue weighted by Gasteiger charge is 2.23. The third-order valence-electron chi connectivity index (χ3n) is 3.19. The van der Waals surface area contributed by atoms with Crippen molar-refractivity contribution in [2.24, 2.45) is 0 Å². The maximum atomic E-state index is 5.88. The number of fused-ring (bicyclic) bond motifs is 1. The lowest BCUT2D eigenvalue weighted by Crippen LogP contribution is -2.31. The number of anilines is 2. The average molecular weight is 249 g/mol. The first-order valence-corrected chi connectivity index (χ1v) is 6.87. The molecule has 0 spiro atoms. The minimum atomic E-state index is 0.522. The third-order valence-corrected chi connectivity index (χ3v) is 4.34. The lowest BCUT2D eigenvalue weighted by atomic mass is 10.2. The van der Waals surface area contributed by atoms with Crippen LogP contribution in [0.5, 0.6) is 0 Å². The van der Waals surface area contributed by atoms with Gasteiger partial charge >= 0.3 is 0 Å². The van der Waals surface area contributed by atoms with Gasteiger partial charge in [-0.05, 0) is 24.3 Å². The Morgan fingerprint density at radius 3 is 3.12 bits per heavy atom. The monoisotopic (exact) mass is 249 g/mol. The van der Waals surface area contributed by atoms with Crippen molar-refractivity contribution in [2.45, 2.75) is 12.5 Å². The summed E-state index contributed by atoms with van der Waals surface area (Å²) in [6.07, 6.45) is 1.19. The Labute approximate surface area is 104 Å². The van der Waals surface area contributed by atoms with Crippen LogP contribution in [-0.2, 0) is 0 Å². The van der Waals surface area contributed by atoms with Gasteiger partial charge in [-0.15, -0.1) is 0 Å². The van der Waals surface area contributed by atoms with Crippen LogP contribution in [0.1, 0.15) is 6.42 Å². The number of hydrogen-bond donors (Lipinski definition) is 1. The van der Waals surface area contributed by atoms with Crippen molar-refractivity contribution in [3.8, 4) is 0 Å². The van der Waals surface area contributed by atoms with E-state index in [1.54, 1.807) is 0 Å². The zero-order valence-corrected chi connectivity index (χ0v) is 10.5. The Hall–Kier alpha value is -1.36. The van der Waals surface area contributed by atoms with Crippen molar-refractivity contribution in [2.75, 3.05) is 29.2 Å². The topological polar surface area (TPSA) is 55.3 Å². The minimum Gasteiger partial charge on any atom is -0.423 e. The van der Waals surface area contributed by atoms with E-state index in [4.69, 9.17) is 10.2 Å². The molecule has 4 nitrogen and oxygen atoms in total. The van der Waals surface area contributed by atoms with Gasteiger partial charge in [0, 0.05) is 18.8 Å². The first-order chi connectivity index (χ1) is 8.25. The van der Waals surface area contributed by atoms with Crippen molar-refractivity contribution in [3.63, 3.8) is 0 Å². The summed E-state index contributed by atoms with van der Waals surface area (Å²) in [7, 11) is 2.04. The fourth-order valence-corrected chi connectivity index (χ4v) is 3.36. The van der Waals surface area contributed by atoms with Gasteiger partial charge in [-0.1, -0.05) is 6.07 Å². The van der Waals surface area contributed by atoms with Crippen molar-refractivity contribution < 1.29 is 4.42 Å². The van der Waals surface area contributed by atoms with Crippen LogP contribution in [0.4, 0.5) is 11.7 Å². The molecular formula is C12H15N3OS. The molecular weight excluding hydrogens is 234 g/mol. The van der Waals surface area contributed by atoms with Crippen LogP contribution in [0.25, 0.3) is 11.1 Å². The van der Waals surface area contributed by atoms with Crippen molar-refractivity contribution >= 4 is 34.6 Å². The zero-order valence-electron chi connectivity index (χ0n) is 9.72. The first kappa shape index (κ1) is 10.8. The van der Waals surface area contributed by atoms with Crippen LogP contribution in [0.3, 0.4) is 0 Å². The van der Waals surface area contributed by atoms with Crippen LogP contribution in [0, 0.1) is 0 Å². The molecule has 0 saturated carbocycles. The van der Waals surface area contributed by atoms with Gasteiger partial charge in [-0.3, -0.25) is 0 Å². The van der Waals surface area contributed by atoms with Gasteiger partial charge in [0.1, 0.15) is 5.52 Å². The summed E-state index contributed by atoms with van der Waals surface area (Å²) in [5.41, 5.74) is 8.08. The number of thioether (sulfide) groups is 1. The van der Waals surface area contributed by atoms with E-state index in [0.717, 1.165) is 16.9 Å². The molecule has 90 valence electrons. The van der Waals surface area contributed by atoms with Gasteiger partial charge < -0.3 is 15.1 Å². The summed E-state index contributed by atoms with van der Waals surface area (Å²) in [6, 6.07) is 6.83. The molecule has 0 aliphatic carbocycles. The second kappa shape index (κ2) is 4.14. The number of aromatic nitrogens is 1. The summed E-state index contributed by atoms with van der Waals surface area (Å²) < 4.78 is 5.75. The highest BCUT2D eigenvalue weighted by molar-refractivity contribution is 7.99. The van der Waals surface area contributed by atoms with Gasteiger partial charge in [-0.25, -0.2) is 0 Å². The number of nitrogen functional groups attached to an aromatic ring is 1. The van der Waals surface area contributed by atoms with Gasteiger partial charge in [0.25, 0.3) is 6.01 Å². The molecule has 17 heavy (non-hydrogen) atoms. The van der Waals surface area contributed by atoms with Crippen LogP contribution >= 0.6 is 11.8 Å². The van der Waals surface area contributed by atoms with Gasteiger partial charge in [0.05, 0.1) is 5.69 Å². The molecule has 1 atom stereocenters. The van der Waals surface area contributed by atoms with E-state index in [2.05, 4.69) is 9.88 Å². The molecule has 1 aromatic heterocycles. The van der Waals surface area contributed by atoms with Crippen molar-refractivity contribution in [1.29, 1.82) is 0 Å². The molecule has 5 heteroatoms. The molecule has 1 unspecified atom stereocenters. The zero-order chi connectivity index (χ0) is 11.8. The number of oxazole rings is 1. The number of hydrogen-bond acceptors (Lipinski definition) is 5. The molecule has 1 fully saturated rings. The molecule has 0 bridgehead atoms. The SMILES string of the molecule is CN(c1nc2c(N)cccc2o1)C1CCSC1. The van der Waals surface area contributed by atoms with Crippen LogP contribution < -0.4 is 10.6 Å². The van der Waals surface area contributed by atoms with Gasteiger partial charge in [0.2, 0.25) is 0 Å². The van der Waals surface area contributed by atoms with Gasteiger partial charge in [-0.2, -0.15) is 16.7 Å². The number of nitrogens with two attached hydrogens (primary N) is 1. The van der Waals surface area contributed by atoms with Crippen LogP contribution in [0.2, 0.25) is 0 Å². The lowest BCUT2D eigenvalue weighted by Gasteiger charge is -2.21. The Balaban J connectivity index is 1.97. The second-order valence-electron chi connectivity index (χ2n) is 4.32. The third kappa shape index (κ3) is 1.84. The molecule has 2 aromatic rings.